The van der Waals surface area contributed by atoms with Crippen molar-refractivity contribution in [1.29, 1.82) is 0 Å². The molecule has 3 aliphatic carbocycles. The third-order valence-corrected chi connectivity index (χ3v) is 5.82. The highest BCUT2D eigenvalue weighted by molar-refractivity contribution is 5.43. The minimum absolute atomic E-state index is 0.526. The second-order valence-electron chi connectivity index (χ2n) is 6.94. The molecule has 1 saturated carbocycles. The van der Waals surface area contributed by atoms with E-state index in [0.29, 0.717) is 5.41 Å². The normalized spacial score (nSPS) is 35.0. The van der Waals surface area contributed by atoms with Crippen LogP contribution in [0.2, 0.25) is 0 Å². The highest BCUT2D eigenvalue weighted by Gasteiger charge is 2.50. The average Bonchev–Trinajstić information content (AvgIpc) is 3.00. The fourth-order valence-corrected chi connectivity index (χ4v) is 5.06. The van der Waals surface area contributed by atoms with E-state index in [0.717, 1.165) is 11.8 Å². The molecule has 2 bridgehead atoms. The Morgan fingerprint density at radius 2 is 2.21 bits per heavy atom. The van der Waals surface area contributed by atoms with Gasteiger partial charge in [0.1, 0.15) is 0 Å². The molecular weight excluding hydrogens is 228 g/mol. The summed E-state index contributed by atoms with van der Waals surface area (Å²) < 4.78 is 0. The molecule has 1 spiro atoms. The van der Waals surface area contributed by atoms with Gasteiger partial charge >= 0.3 is 0 Å². The lowest BCUT2D eigenvalue weighted by atomic mass is 9.63. The van der Waals surface area contributed by atoms with Gasteiger partial charge < -0.3 is 0 Å². The third-order valence-electron chi connectivity index (χ3n) is 5.82. The first-order chi connectivity index (χ1) is 9.32. The standard InChI is InChI=1S/C19H24/c1-2-4-14-7-9-18-16(11-14)5-3-10-19(18)13-15-6-8-17(19)12-15/h6-9,11,15,17H,2-5,10,12-13H2,1H3. The highest BCUT2D eigenvalue weighted by atomic mass is 14.5. The summed E-state index contributed by atoms with van der Waals surface area (Å²) >= 11 is 0. The van der Waals surface area contributed by atoms with Crippen molar-refractivity contribution in [3.8, 4) is 0 Å². The summed E-state index contributed by atoms with van der Waals surface area (Å²) in [6.07, 6.45) is 14.5. The molecular formula is C19H24. The van der Waals surface area contributed by atoms with Crippen molar-refractivity contribution in [2.75, 3.05) is 0 Å². The van der Waals surface area contributed by atoms with Crippen LogP contribution in [0, 0.1) is 11.8 Å². The van der Waals surface area contributed by atoms with Gasteiger partial charge in [-0.15, -0.1) is 0 Å². The van der Waals surface area contributed by atoms with Crippen LogP contribution >= 0.6 is 0 Å². The summed E-state index contributed by atoms with van der Waals surface area (Å²) in [6, 6.07) is 7.43. The Morgan fingerprint density at radius 1 is 1.26 bits per heavy atom. The molecule has 0 saturated heterocycles. The van der Waals surface area contributed by atoms with Crippen LogP contribution < -0.4 is 0 Å². The Bertz CT molecular complexity index is 525. The molecule has 3 atom stereocenters. The lowest BCUT2D eigenvalue weighted by Gasteiger charge is -2.41. The number of hydrogen-bond acceptors (Lipinski definition) is 0. The molecule has 0 aromatic heterocycles. The molecule has 1 fully saturated rings. The van der Waals surface area contributed by atoms with Gasteiger partial charge in [-0.1, -0.05) is 43.7 Å². The first-order valence-electron chi connectivity index (χ1n) is 8.12. The van der Waals surface area contributed by atoms with Crippen molar-refractivity contribution in [3.05, 3.63) is 47.0 Å². The minimum atomic E-state index is 0.526. The Kier molecular flexibility index (Phi) is 2.62. The largest absolute Gasteiger partial charge is 0.0851 e. The summed E-state index contributed by atoms with van der Waals surface area (Å²) in [5.74, 6) is 1.72. The Labute approximate surface area is 116 Å². The van der Waals surface area contributed by atoms with Crippen LogP contribution in [0.25, 0.3) is 0 Å². The van der Waals surface area contributed by atoms with Gasteiger partial charge in [0.15, 0.2) is 0 Å². The molecule has 3 aliphatic rings. The summed E-state index contributed by atoms with van der Waals surface area (Å²) in [7, 11) is 0. The molecule has 0 radical (unpaired) electrons. The van der Waals surface area contributed by atoms with E-state index >= 15 is 0 Å². The average molecular weight is 252 g/mol. The van der Waals surface area contributed by atoms with E-state index in [1.807, 2.05) is 0 Å². The van der Waals surface area contributed by atoms with Crippen LogP contribution in [-0.4, -0.2) is 0 Å². The summed E-state index contributed by atoms with van der Waals surface area (Å²) in [5.41, 5.74) is 5.48. The van der Waals surface area contributed by atoms with E-state index in [2.05, 4.69) is 37.3 Å². The zero-order valence-electron chi connectivity index (χ0n) is 12.0. The van der Waals surface area contributed by atoms with E-state index in [4.69, 9.17) is 0 Å². The van der Waals surface area contributed by atoms with E-state index in [1.54, 1.807) is 16.7 Å². The first-order valence-corrected chi connectivity index (χ1v) is 8.12. The summed E-state index contributed by atoms with van der Waals surface area (Å²) in [4.78, 5) is 0. The van der Waals surface area contributed by atoms with Gasteiger partial charge in [0, 0.05) is 5.41 Å². The van der Waals surface area contributed by atoms with Crippen molar-refractivity contribution in [2.45, 2.75) is 57.3 Å². The van der Waals surface area contributed by atoms with Crippen LogP contribution in [-0.2, 0) is 18.3 Å². The fraction of sp³-hybridized carbons (Fsp3) is 0.579. The zero-order valence-corrected chi connectivity index (χ0v) is 12.0. The summed E-state index contributed by atoms with van der Waals surface area (Å²) in [6.45, 7) is 2.28. The molecule has 0 nitrogen and oxygen atoms in total. The SMILES string of the molecule is CCCc1ccc2c(c1)CCCC21CC2C=CC1C2. The molecule has 0 amide bonds. The maximum Gasteiger partial charge on any atom is 0.00243 e. The molecule has 1 aromatic carbocycles. The van der Waals surface area contributed by atoms with Crippen molar-refractivity contribution in [1.82, 2.24) is 0 Å². The Morgan fingerprint density at radius 3 is 2.95 bits per heavy atom. The number of benzene rings is 1. The van der Waals surface area contributed by atoms with Gasteiger partial charge in [0.05, 0.1) is 0 Å². The zero-order chi connectivity index (χ0) is 12.9. The summed E-state index contributed by atoms with van der Waals surface area (Å²) in [5, 5.41) is 0. The minimum Gasteiger partial charge on any atom is -0.0851 e. The topological polar surface area (TPSA) is 0 Å². The smallest absolute Gasteiger partial charge is 0.00243 e. The van der Waals surface area contributed by atoms with Crippen LogP contribution in [0.4, 0.5) is 0 Å². The molecule has 0 heterocycles. The molecule has 1 aromatic rings. The molecule has 0 heteroatoms. The Hall–Kier alpha value is -1.04. The second kappa shape index (κ2) is 4.23. The van der Waals surface area contributed by atoms with Crippen LogP contribution in [0.1, 0.15) is 55.7 Å². The van der Waals surface area contributed by atoms with Crippen molar-refractivity contribution >= 4 is 0 Å². The molecule has 100 valence electrons. The number of hydrogen-bond donors (Lipinski definition) is 0. The molecule has 0 N–H and O–H groups in total. The third kappa shape index (κ3) is 1.65. The lowest BCUT2D eigenvalue weighted by Crippen LogP contribution is -2.35. The first kappa shape index (κ1) is 11.8. The number of aryl methyl sites for hydroxylation is 2. The maximum atomic E-state index is 2.53. The van der Waals surface area contributed by atoms with Gasteiger partial charge in [0.25, 0.3) is 0 Å². The van der Waals surface area contributed by atoms with E-state index in [9.17, 15) is 0 Å². The van der Waals surface area contributed by atoms with Gasteiger partial charge in [-0.2, -0.15) is 0 Å². The van der Waals surface area contributed by atoms with Crippen LogP contribution in [0.15, 0.2) is 30.4 Å². The monoisotopic (exact) mass is 252 g/mol. The van der Waals surface area contributed by atoms with Crippen molar-refractivity contribution < 1.29 is 0 Å². The van der Waals surface area contributed by atoms with Crippen molar-refractivity contribution in [2.24, 2.45) is 11.8 Å². The van der Waals surface area contributed by atoms with E-state index in [-0.39, 0.29) is 0 Å². The van der Waals surface area contributed by atoms with Gasteiger partial charge in [0.2, 0.25) is 0 Å². The maximum absolute atomic E-state index is 2.53. The van der Waals surface area contributed by atoms with Crippen LogP contribution in [0.3, 0.4) is 0 Å². The van der Waals surface area contributed by atoms with Gasteiger partial charge in [-0.25, -0.2) is 0 Å². The van der Waals surface area contributed by atoms with Gasteiger partial charge in [-0.3, -0.25) is 0 Å². The predicted octanol–water partition coefficient (Wildman–Crippen LogP) is 4.81. The number of rotatable bonds is 2. The van der Waals surface area contributed by atoms with Crippen LogP contribution in [0.5, 0.6) is 0 Å². The number of fused-ring (bicyclic) bond motifs is 5. The highest BCUT2D eigenvalue weighted by Crippen LogP contribution is 2.58. The van der Waals surface area contributed by atoms with E-state index in [1.165, 1.54) is 44.9 Å². The van der Waals surface area contributed by atoms with Gasteiger partial charge in [-0.05, 0) is 67.1 Å². The molecule has 4 rings (SSSR count). The molecule has 3 unspecified atom stereocenters. The predicted molar refractivity (Wildman–Crippen MR) is 80.4 cm³/mol. The Balaban J connectivity index is 1.77. The number of allylic oxidation sites excluding steroid dienone is 2. The lowest BCUT2D eigenvalue weighted by molar-refractivity contribution is 0.303. The molecule has 19 heavy (non-hydrogen) atoms. The van der Waals surface area contributed by atoms with E-state index < -0.39 is 0 Å². The fourth-order valence-electron chi connectivity index (χ4n) is 5.06. The quantitative estimate of drug-likeness (QED) is 0.663. The molecule has 0 aliphatic heterocycles. The van der Waals surface area contributed by atoms with Crippen molar-refractivity contribution in [3.63, 3.8) is 0 Å². The second-order valence-corrected chi connectivity index (χ2v) is 6.94.